The van der Waals surface area contributed by atoms with Crippen molar-refractivity contribution in [3.05, 3.63) is 63.7 Å². The number of nitriles is 1. The molecule has 2 aromatic carbocycles. The summed E-state index contributed by atoms with van der Waals surface area (Å²) < 4.78 is 6.70. The van der Waals surface area contributed by atoms with Gasteiger partial charge in [-0.1, -0.05) is 26.3 Å². The highest BCUT2D eigenvalue weighted by Crippen LogP contribution is 2.52. The van der Waals surface area contributed by atoms with E-state index in [2.05, 4.69) is 41.8 Å². The highest BCUT2D eigenvalue weighted by atomic mass is 16.5. The predicted octanol–water partition coefficient (Wildman–Crippen LogP) is 6.04. The lowest BCUT2D eigenvalue weighted by Gasteiger charge is -2.44. The van der Waals surface area contributed by atoms with Gasteiger partial charge in [0.05, 0.1) is 23.4 Å². The van der Waals surface area contributed by atoms with Crippen molar-refractivity contribution in [2.24, 2.45) is 0 Å². The van der Waals surface area contributed by atoms with Crippen LogP contribution in [0.3, 0.4) is 0 Å². The van der Waals surface area contributed by atoms with Crippen LogP contribution in [0.1, 0.15) is 91.4 Å². The molecular weight excluding hydrogens is 470 g/mol. The molecule has 1 aliphatic heterocycles. The van der Waals surface area contributed by atoms with E-state index in [-0.39, 0.29) is 17.3 Å². The Morgan fingerprint density at radius 2 is 1.71 bits per heavy atom. The van der Waals surface area contributed by atoms with Gasteiger partial charge in [0.2, 0.25) is 0 Å². The molecule has 7 rings (SSSR count). The number of nitrogens with zero attached hydrogens (tertiary/aromatic N) is 3. The number of anilines is 1. The number of ketones is 1. The van der Waals surface area contributed by atoms with Gasteiger partial charge in [0.1, 0.15) is 5.75 Å². The van der Waals surface area contributed by atoms with Gasteiger partial charge in [-0.25, -0.2) is 0 Å². The minimum atomic E-state index is -0.279. The van der Waals surface area contributed by atoms with E-state index >= 15 is 0 Å². The fourth-order valence-electron chi connectivity index (χ4n) is 7.47. The van der Waals surface area contributed by atoms with E-state index in [1.165, 1.54) is 37.7 Å². The summed E-state index contributed by atoms with van der Waals surface area (Å²) in [6, 6.07) is 13.2. The number of carbonyl (C=O) groups is 1. The molecule has 0 spiro atoms. The summed E-state index contributed by atoms with van der Waals surface area (Å²) in [6.45, 7) is 8.72. The molecule has 5 heteroatoms. The number of Topliss-reactive ketones (excluding diaryl/α,β-unsaturated/α-hetero) is 1. The van der Waals surface area contributed by atoms with Gasteiger partial charge in [0.25, 0.3) is 0 Å². The number of hydrogen-bond donors (Lipinski definition) is 0. The zero-order valence-electron chi connectivity index (χ0n) is 22.7. The van der Waals surface area contributed by atoms with Crippen LogP contribution in [-0.2, 0) is 11.8 Å². The Bertz CT molecular complexity index is 1380. The molecule has 0 bridgehead atoms. The van der Waals surface area contributed by atoms with E-state index in [0.717, 1.165) is 90.7 Å². The number of benzene rings is 2. The number of ether oxygens (including phenoxy) is 1. The first-order chi connectivity index (χ1) is 18.4. The number of piperazine rings is 1. The normalized spacial score (nSPS) is 23.1. The Kier molecular flexibility index (Phi) is 5.67. The molecule has 0 N–H and O–H groups in total. The third kappa shape index (κ3) is 3.72. The zero-order chi connectivity index (χ0) is 26.0. The molecule has 0 atom stereocenters. The first-order valence-electron chi connectivity index (χ1n) is 14.6. The van der Waals surface area contributed by atoms with Gasteiger partial charge in [0, 0.05) is 48.8 Å². The van der Waals surface area contributed by atoms with Crippen LogP contribution in [-0.4, -0.2) is 49.0 Å². The molecular formula is C33H37N3O2. The molecule has 0 amide bonds. The number of hydrogen-bond acceptors (Lipinski definition) is 5. The number of rotatable bonds is 4. The van der Waals surface area contributed by atoms with E-state index in [4.69, 9.17) is 4.74 Å². The van der Waals surface area contributed by atoms with Crippen LogP contribution in [0.15, 0.2) is 35.9 Å². The fraction of sp³-hybridized carbons (Fsp3) is 0.515. The number of fused-ring (bicyclic) bond motifs is 3. The molecule has 2 aromatic rings. The van der Waals surface area contributed by atoms with E-state index in [1.807, 2.05) is 18.2 Å². The van der Waals surface area contributed by atoms with Crippen molar-refractivity contribution in [3.8, 4) is 11.8 Å². The molecule has 38 heavy (non-hydrogen) atoms. The van der Waals surface area contributed by atoms with Crippen LogP contribution < -0.4 is 9.64 Å². The van der Waals surface area contributed by atoms with Gasteiger partial charge in [0.15, 0.2) is 5.78 Å². The minimum absolute atomic E-state index is 0.107. The second kappa shape index (κ2) is 8.99. The SMILES string of the molecule is CC1(C)C2=C(C(=O)c3cc(OC4CCCC4)c(N4CCN(C5CCC5)CC4)cc31)c1ccc(C#N)cc1C2. The van der Waals surface area contributed by atoms with E-state index in [0.29, 0.717) is 5.56 Å². The molecule has 1 heterocycles. The fourth-order valence-corrected chi connectivity index (χ4v) is 7.47. The largest absolute Gasteiger partial charge is 0.488 e. The molecule has 5 nitrogen and oxygen atoms in total. The van der Waals surface area contributed by atoms with Crippen molar-refractivity contribution in [2.75, 3.05) is 31.1 Å². The van der Waals surface area contributed by atoms with Crippen LogP contribution in [0.2, 0.25) is 0 Å². The first-order valence-corrected chi connectivity index (χ1v) is 14.6. The number of allylic oxidation sites excluding steroid dienone is 2. The topological polar surface area (TPSA) is 56.6 Å². The lowest BCUT2D eigenvalue weighted by Crippen LogP contribution is -2.52. The Morgan fingerprint density at radius 1 is 0.947 bits per heavy atom. The predicted molar refractivity (Wildman–Crippen MR) is 150 cm³/mol. The summed E-state index contributed by atoms with van der Waals surface area (Å²) in [5, 5.41) is 9.44. The van der Waals surface area contributed by atoms with Crippen LogP contribution in [0, 0.1) is 11.3 Å². The quantitative estimate of drug-likeness (QED) is 0.505. The summed E-state index contributed by atoms with van der Waals surface area (Å²) >= 11 is 0. The van der Waals surface area contributed by atoms with E-state index in [9.17, 15) is 10.1 Å². The third-order valence-electron chi connectivity index (χ3n) is 10.0. The van der Waals surface area contributed by atoms with Gasteiger partial charge in [-0.2, -0.15) is 5.26 Å². The standard InChI is InChI=1S/C33H37N3O2/c1-33(2)27-19-29(36-14-12-35(13-15-36)23-6-5-7-23)30(38-24-8-3-4-9-24)18-26(27)32(37)31-25-11-10-21(20-34)16-22(25)17-28(31)33/h10-11,16,18-19,23-24H,3-9,12-15,17H2,1-2H3. The van der Waals surface area contributed by atoms with Crippen LogP contribution in [0.5, 0.6) is 5.75 Å². The average molecular weight is 508 g/mol. The summed E-state index contributed by atoms with van der Waals surface area (Å²) in [4.78, 5) is 19.3. The maximum Gasteiger partial charge on any atom is 0.194 e. The van der Waals surface area contributed by atoms with Crippen molar-refractivity contribution < 1.29 is 9.53 Å². The molecule has 3 fully saturated rings. The van der Waals surface area contributed by atoms with Crippen LogP contribution >= 0.6 is 0 Å². The van der Waals surface area contributed by atoms with Gasteiger partial charge >= 0.3 is 0 Å². The molecule has 0 unspecified atom stereocenters. The second-order valence-corrected chi connectivity index (χ2v) is 12.5. The summed E-state index contributed by atoms with van der Waals surface area (Å²) in [5.41, 5.74) is 7.56. The van der Waals surface area contributed by atoms with Crippen molar-refractivity contribution in [2.45, 2.75) is 82.8 Å². The molecule has 0 radical (unpaired) electrons. The highest BCUT2D eigenvalue weighted by molar-refractivity contribution is 6.33. The van der Waals surface area contributed by atoms with Crippen molar-refractivity contribution in [1.82, 2.24) is 4.90 Å². The molecule has 4 aliphatic carbocycles. The zero-order valence-corrected chi connectivity index (χ0v) is 22.7. The molecule has 0 aromatic heterocycles. The van der Waals surface area contributed by atoms with Crippen LogP contribution in [0.4, 0.5) is 5.69 Å². The first kappa shape index (κ1) is 24.0. The summed E-state index contributed by atoms with van der Waals surface area (Å²) in [7, 11) is 0. The average Bonchev–Trinajstić information content (AvgIpc) is 3.54. The monoisotopic (exact) mass is 507 g/mol. The summed E-state index contributed by atoms with van der Waals surface area (Å²) in [5.74, 6) is 0.995. The lowest BCUT2D eigenvalue weighted by atomic mass is 9.68. The number of carbonyl (C=O) groups excluding carboxylic acids is 1. The molecule has 1 saturated heterocycles. The van der Waals surface area contributed by atoms with E-state index in [1.54, 1.807) is 0 Å². The maximum atomic E-state index is 14.1. The lowest BCUT2D eigenvalue weighted by molar-refractivity contribution is 0.105. The van der Waals surface area contributed by atoms with Crippen molar-refractivity contribution in [1.29, 1.82) is 5.26 Å². The Labute approximate surface area is 226 Å². The third-order valence-corrected chi connectivity index (χ3v) is 10.0. The Balaban J connectivity index is 1.28. The van der Waals surface area contributed by atoms with Gasteiger partial charge in [-0.3, -0.25) is 9.69 Å². The van der Waals surface area contributed by atoms with Crippen molar-refractivity contribution in [3.63, 3.8) is 0 Å². The van der Waals surface area contributed by atoms with Gasteiger partial charge in [-0.05, 0) is 91.5 Å². The Hall–Kier alpha value is -3.10. The van der Waals surface area contributed by atoms with Crippen LogP contribution in [0.25, 0.3) is 5.57 Å². The second-order valence-electron chi connectivity index (χ2n) is 12.5. The minimum Gasteiger partial charge on any atom is -0.488 e. The molecule has 2 saturated carbocycles. The smallest absolute Gasteiger partial charge is 0.194 e. The van der Waals surface area contributed by atoms with Gasteiger partial charge in [-0.15, -0.1) is 0 Å². The summed E-state index contributed by atoms with van der Waals surface area (Å²) in [6.07, 6.45) is 9.66. The Morgan fingerprint density at radius 3 is 2.39 bits per heavy atom. The maximum absolute atomic E-state index is 14.1. The van der Waals surface area contributed by atoms with E-state index < -0.39 is 0 Å². The molecule has 196 valence electrons. The van der Waals surface area contributed by atoms with Gasteiger partial charge < -0.3 is 9.64 Å². The highest BCUT2D eigenvalue weighted by Gasteiger charge is 2.44. The molecule has 5 aliphatic rings. The van der Waals surface area contributed by atoms with Crippen molar-refractivity contribution >= 4 is 17.0 Å².